The molecular formula is C23H45NO. The van der Waals surface area contributed by atoms with Gasteiger partial charge in [0.05, 0.1) is 0 Å². The van der Waals surface area contributed by atoms with Crippen LogP contribution in [0.5, 0.6) is 0 Å². The van der Waals surface area contributed by atoms with E-state index in [-0.39, 0.29) is 5.91 Å². The van der Waals surface area contributed by atoms with Gasteiger partial charge in [-0.05, 0) is 44.4 Å². The molecule has 0 unspecified atom stereocenters. The van der Waals surface area contributed by atoms with Crippen molar-refractivity contribution in [3.63, 3.8) is 0 Å². The zero-order chi connectivity index (χ0) is 19.0. The molecule has 2 N–H and O–H groups in total. The van der Waals surface area contributed by atoms with E-state index in [1.54, 1.807) is 0 Å². The smallest absolute Gasteiger partial charge is 0.217 e. The molecule has 0 aromatic rings. The van der Waals surface area contributed by atoms with Crippen LogP contribution >= 0.6 is 0 Å². The zero-order valence-electron chi connectivity index (χ0n) is 17.7. The number of primary amides is 1. The summed E-state index contributed by atoms with van der Waals surface area (Å²) in [6.07, 6.45) is 21.1. The Hall–Kier alpha value is -0.790. The van der Waals surface area contributed by atoms with Gasteiger partial charge in [-0.25, -0.2) is 0 Å². The highest BCUT2D eigenvalue weighted by Gasteiger charge is 2.15. The first-order valence-corrected chi connectivity index (χ1v) is 10.8. The van der Waals surface area contributed by atoms with Crippen molar-refractivity contribution in [2.24, 2.45) is 11.1 Å². The fourth-order valence-corrected chi connectivity index (χ4v) is 3.27. The number of amides is 1. The van der Waals surface area contributed by atoms with Gasteiger partial charge in [-0.1, -0.05) is 90.2 Å². The van der Waals surface area contributed by atoms with Crippen molar-refractivity contribution in [1.29, 1.82) is 0 Å². The fraction of sp³-hybridized carbons (Fsp3) is 0.870. The van der Waals surface area contributed by atoms with Gasteiger partial charge >= 0.3 is 0 Å². The summed E-state index contributed by atoms with van der Waals surface area (Å²) in [5.41, 5.74) is 7.13. The topological polar surface area (TPSA) is 43.1 Å². The van der Waals surface area contributed by atoms with Crippen LogP contribution in [0.25, 0.3) is 0 Å². The van der Waals surface area contributed by atoms with Crippen molar-refractivity contribution in [3.05, 3.63) is 11.6 Å². The lowest BCUT2D eigenvalue weighted by molar-refractivity contribution is -0.118. The molecule has 0 aliphatic carbocycles. The molecule has 25 heavy (non-hydrogen) atoms. The minimum Gasteiger partial charge on any atom is -0.370 e. The van der Waals surface area contributed by atoms with E-state index in [9.17, 15) is 4.79 Å². The van der Waals surface area contributed by atoms with Crippen LogP contribution in [0.1, 0.15) is 124 Å². The number of hydrogen-bond acceptors (Lipinski definition) is 1. The van der Waals surface area contributed by atoms with Crippen LogP contribution in [0.3, 0.4) is 0 Å². The van der Waals surface area contributed by atoms with E-state index >= 15 is 0 Å². The maximum atomic E-state index is 10.7. The van der Waals surface area contributed by atoms with Gasteiger partial charge in [-0.2, -0.15) is 0 Å². The molecule has 1 amide bonds. The number of hydrogen-bond donors (Lipinski definition) is 1. The van der Waals surface area contributed by atoms with Gasteiger partial charge in [-0.15, -0.1) is 0 Å². The number of carbonyl (C=O) groups is 1. The summed E-state index contributed by atoms with van der Waals surface area (Å²) in [6, 6.07) is 0. The van der Waals surface area contributed by atoms with Crippen LogP contribution in [0.2, 0.25) is 0 Å². The number of rotatable bonds is 17. The summed E-state index contributed by atoms with van der Waals surface area (Å²) in [4.78, 5) is 10.7. The Labute approximate surface area is 158 Å². The Balaban J connectivity index is 3.70. The Morgan fingerprint density at radius 3 is 1.96 bits per heavy atom. The van der Waals surface area contributed by atoms with Gasteiger partial charge in [0, 0.05) is 6.42 Å². The molecule has 0 radical (unpaired) electrons. The molecule has 0 aliphatic rings. The fourth-order valence-electron chi connectivity index (χ4n) is 3.27. The van der Waals surface area contributed by atoms with Crippen molar-refractivity contribution < 1.29 is 4.79 Å². The van der Waals surface area contributed by atoms with Gasteiger partial charge in [0.15, 0.2) is 0 Å². The summed E-state index contributed by atoms with van der Waals surface area (Å²) >= 11 is 0. The predicted octanol–water partition coefficient (Wildman–Crippen LogP) is 7.32. The van der Waals surface area contributed by atoms with Crippen molar-refractivity contribution >= 4 is 5.91 Å². The number of nitrogens with two attached hydrogens (primary N) is 1. The first-order valence-electron chi connectivity index (χ1n) is 10.8. The second-order valence-corrected chi connectivity index (χ2v) is 8.67. The second-order valence-electron chi connectivity index (χ2n) is 8.67. The van der Waals surface area contributed by atoms with E-state index in [1.807, 2.05) is 0 Å². The van der Waals surface area contributed by atoms with Gasteiger partial charge in [-0.3, -0.25) is 4.79 Å². The highest BCUT2D eigenvalue weighted by atomic mass is 16.1. The molecule has 0 heterocycles. The molecule has 0 aliphatic heterocycles. The lowest BCUT2D eigenvalue weighted by Gasteiger charge is -2.23. The van der Waals surface area contributed by atoms with Crippen LogP contribution in [0.15, 0.2) is 11.6 Å². The standard InChI is InChI=1S/C23H45NO/c1-5-6-7-8-9-12-15-19-23(3,4)20-18-21(2)16-13-10-11-14-17-22(24)25/h18H,5-17,19-20H2,1-4H3,(H2,24,25)/b21-18+. The van der Waals surface area contributed by atoms with Gasteiger partial charge in [0.1, 0.15) is 0 Å². The van der Waals surface area contributed by atoms with Crippen molar-refractivity contribution in [3.8, 4) is 0 Å². The highest BCUT2D eigenvalue weighted by molar-refractivity contribution is 5.73. The average molecular weight is 352 g/mol. The Morgan fingerprint density at radius 1 is 0.840 bits per heavy atom. The number of allylic oxidation sites excluding steroid dienone is 2. The highest BCUT2D eigenvalue weighted by Crippen LogP contribution is 2.29. The summed E-state index contributed by atoms with van der Waals surface area (Å²) in [6.45, 7) is 9.38. The van der Waals surface area contributed by atoms with E-state index in [0.717, 1.165) is 12.8 Å². The maximum absolute atomic E-state index is 10.7. The van der Waals surface area contributed by atoms with Gasteiger partial charge in [0.2, 0.25) is 5.91 Å². The molecule has 0 fully saturated rings. The summed E-state index contributed by atoms with van der Waals surface area (Å²) in [5, 5.41) is 0. The molecule has 0 saturated heterocycles. The summed E-state index contributed by atoms with van der Waals surface area (Å²) in [5.74, 6) is -0.167. The van der Waals surface area contributed by atoms with Crippen molar-refractivity contribution in [2.75, 3.05) is 0 Å². The molecule has 0 rings (SSSR count). The second kappa shape index (κ2) is 15.5. The normalized spacial score (nSPS) is 12.6. The van der Waals surface area contributed by atoms with Gasteiger partial charge in [0.25, 0.3) is 0 Å². The summed E-state index contributed by atoms with van der Waals surface area (Å²) in [7, 11) is 0. The van der Waals surface area contributed by atoms with Crippen LogP contribution < -0.4 is 5.73 Å². The molecule has 0 atom stereocenters. The summed E-state index contributed by atoms with van der Waals surface area (Å²) < 4.78 is 0. The molecule has 0 aromatic carbocycles. The van der Waals surface area contributed by atoms with Crippen LogP contribution in [-0.4, -0.2) is 5.91 Å². The number of carbonyl (C=O) groups excluding carboxylic acids is 1. The van der Waals surface area contributed by atoms with Crippen molar-refractivity contribution in [1.82, 2.24) is 0 Å². The predicted molar refractivity (Wildman–Crippen MR) is 112 cm³/mol. The van der Waals surface area contributed by atoms with Crippen LogP contribution in [0.4, 0.5) is 0 Å². The lowest BCUT2D eigenvalue weighted by atomic mass is 9.83. The third-order valence-corrected chi connectivity index (χ3v) is 5.20. The number of unbranched alkanes of at least 4 members (excludes halogenated alkanes) is 9. The maximum Gasteiger partial charge on any atom is 0.217 e. The molecule has 2 heteroatoms. The Morgan fingerprint density at radius 2 is 1.36 bits per heavy atom. The SMILES string of the molecule is CCCCCCCCCC(C)(C)C/C=C(\C)CCCCCCC(N)=O. The first-order chi connectivity index (χ1) is 11.9. The molecular weight excluding hydrogens is 306 g/mol. The Bertz CT molecular complexity index is 357. The van der Waals surface area contributed by atoms with Crippen molar-refractivity contribution in [2.45, 2.75) is 124 Å². The quantitative estimate of drug-likeness (QED) is 0.216. The molecule has 0 spiro atoms. The molecule has 0 aromatic heterocycles. The average Bonchev–Trinajstić information content (AvgIpc) is 2.55. The molecule has 0 bridgehead atoms. The van der Waals surface area contributed by atoms with E-state index in [0.29, 0.717) is 11.8 Å². The molecule has 148 valence electrons. The van der Waals surface area contributed by atoms with E-state index in [1.165, 1.54) is 82.6 Å². The van der Waals surface area contributed by atoms with Crippen LogP contribution in [-0.2, 0) is 4.79 Å². The van der Waals surface area contributed by atoms with Crippen LogP contribution in [0, 0.1) is 5.41 Å². The lowest BCUT2D eigenvalue weighted by Crippen LogP contribution is -2.10. The largest absolute Gasteiger partial charge is 0.370 e. The molecule has 2 nitrogen and oxygen atoms in total. The third-order valence-electron chi connectivity index (χ3n) is 5.20. The first kappa shape index (κ1) is 24.2. The monoisotopic (exact) mass is 351 g/mol. The van der Waals surface area contributed by atoms with Gasteiger partial charge < -0.3 is 5.73 Å². The Kier molecular flexibility index (Phi) is 15.0. The van der Waals surface area contributed by atoms with E-state index in [2.05, 4.69) is 33.8 Å². The minimum absolute atomic E-state index is 0.167. The van der Waals surface area contributed by atoms with E-state index < -0.39 is 0 Å². The zero-order valence-corrected chi connectivity index (χ0v) is 17.7. The minimum atomic E-state index is -0.167. The van der Waals surface area contributed by atoms with E-state index in [4.69, 9.17) is 5.73 Å². The third kappa shape index (κ3) is 17.8. The molecule has 0 saturated carbocycles.